The lowest BCUT2D eigenvalue weighted by molar-refractivity contribution is 0.296. The van der Waals surface area contributed by atoms with Crippen LogP contribution in [-0.2, 0) is 13.5 Å². The molecule has 1 fully saturated rings. The van der Waals surface area contributed by atoms with Crippen molar-refractivity contribution < 1.29 is 0 Å². The first-order chi connectivity index (χ1) is 9.72. The third kappa shape index (κ3) is 3.88. The molecule has 20 heavy (non-hydrogen) atoms. The minimum absolute atomic E-state index is 0.824. The summed E-state index contributed by atoms with van der Waals surface area (Å²) in [5.74, 6) is 0.975. The molecule has 0 aromatic carbocycles. The van der Waals surface area contributed by atoms with Gasteiger partial charge < -0.3 is 16.0 Å². The molecular weight excluding hydrogens is 250 g/mol. The molecule has 1 aromatic rings. The van der Waals surface area contributed by atoms with Crippen LogP contribution in [0.3, 0.4) is 0 Å². The average molecular weight is 279 g/mol. The zero-order valence-corrected chi connectivity index (χ0v) is 13.0. The molecule has 0 amide bonds. The van der Waals surface area contributed by atoms with Crippen LogP contribution in [0.2, 0.25) is 0 Å². The van der Waals surface area contributed by atoms with E-state index in [0.29, 0.717) is 0 Å². The van der Waals surface area contributed by atoms with Crippen molar-refractivity contribution in [2.75, 3.05) is 37.2 Å². The third-order valence-electron chi connectivity index (χ3n) is 4.07. The van der Waals surface area contributed by atoms with Crippen molar-refractivity contribution in [3.8, 4) is 0 Å². The van der Waals surface area contributed by atoms with Crippen LogP contribution in [0.25, 0.3) is 0 Å². The summed E-state index contributed by atoms with van der Waals surface area (Å²) in [4.78, 5) is 2.56. The average Bonchev–Trinajstić information content (AvgIpc) is 2.64. The molecule has 1 aliphatic heterocycles. The Morgan fingerprint density at radius 1 is 1.20 bits per heavy atom. The normalized spacial score (nSPS) is 17.1. The Labute approximate surface area is 122 Å². The van der Waals surface area contributed by atoms with Crippen molar-refractivity contribution in [2.45, 2.75) is 45.4 Å². The van der Waals surface area contributed by atoms with Crippen LogP contribution in [0.5, 0.6) is 0 Å². The predicted molar refractivity (Wildman–Crippen MR) is 85.0 cm³/mol. The zero-order valence-electron chi connectivity index (χ0n) is 13.0. The van der Waals surface area contributed by atoms with E-state index in [4.69, 9.17) is 5.73 Å². The van der Waals surface area contributed by atoms with E-state index in [0.717, 1.165) is 43.1 Å². The molecule has 0 atom stereocenters. The first-order valence-electron chi connectivity index (χ1n) is 8.00. The van der Waals surface area contributed by atoms with Gasteiger partial charge in [0, 0.05) is 20.1 Å². The van der Waals surface area contributed by atoms with E-state index in [1.54, 1.807) is 0 Å². The number of hydrogen-bond acceptors (Lipinski definition) is 4. The predicted octanol–water partition coefficient (Wildman–Crippen LogP) is 2.24. The Kier molecular flexibility index (Phi) is 5.71. The highest BCUT2D eigenvalue weighted by Gasteiger charge is 2.13. The smallest absolute Gasteiger partial charge is 0.147 e. The van der Waals surface area contributed by atoms with Crippen LogP contribution in [0.15, 0.2) is 0 Å². The maximum atomic E-state index is 6.18. The van der Waals surface area contributed by atoms with E-state index in [1.807, 2.05) is 11.7 Å². The number of nitrogen functional groups attached to an aromatic ring is 1. The molecule has 5 nitrogen and oxygen atoms in total. The second kappa shape index (κ2) is 7.53. The highest BCUT2D eigenvalue weighted by molar-refractivity contribution is 5.65. The number of nitrogens with one attached hydrogen (secondary N) is 1. The van der Waals surface area contributed by atoms with Gasteiger partial charge in [0.15, 0.2) is 0 Å². The second-order valence-corrected chi connectivity index (χ2v) is 5.77. The monoisotopic (exact) mass is 279 g/mol. The Morgan fingerprint density at radius 2 is 1.90 bits per heavy atom. The zero-order chi connectivity index (χ0) is 14.4. The molecule has 0 aliphatic carbocycles. The minimum atomic E-state index is 0.824. The maximum absolute atomic E-state index is 6.18. The van der Waals surface area contributed by atoms with Gasteiger partial charge in [-0.1, -0.05) is 26.2 Å². The summed E-state index contributed by atoms with van der Waals surface area (Å²) in [5.41, 5.74) is 8.02. The summed E-state index contributed by atoms with van der Waals surface area (Å²) in [6, 6.07) is 0. The van der Waals surface area contributed by atoms with Gasteiger partial charge in [-0.25, -0.2) is 0 Å². The molecule has 0 spiro atoms. The van der Waals surface area contributed by atoms with Crippen molar-refractivity contribution in [2.24, 2.45) is 7.05 Å². The highest BCUT2D eigenvalue weighted by Crippen LogP contribution is 2.22. The van der Waals surface area contributed by atoms with E-state index in [1.165, 1.54) is 38.8 Å². The quantitative estimate of drug-likeness (QED) is 0.838. The number of rotatable bonds is 6. The molecule has 2 rings (SSSR count). The van der Waals surface area contributed by atoms with Crippen LogP contribution in [0, 0.1) is 0 Å². The SMILES string of the molecule is CCCc1nn(C)c(NCCN2CCCCCC2)c1N. The maximum Gasteiger partial charge on any atom is 0.147 e. The first-order valence-corrected chi connectivity index (χ1v) is 8.00. The summed E-state index contributed by atoms with van der Waals surface area (Å²) in [6.45, 7) is 6.66. The van der Waals surface area contributed by atoms with Gasteiger partial charge in [-0.05, 0) is 32.4 Å². The van der Waals surface area contributed by atoms with Crippen LogP contribution in [-0.4, -0.2) is 40.9 Å². The molecule has 1 aliphatic rings. The molecule has 114 valence electrons. The van der Waals surface area contributed by atoms with E-state index in [2.05, 4.69) is 22.2 Å². The third-order valence-corrected chi connectivity index (χ3v) is 4.07. The first kappa shape index (κ1) is 15.2. The van der Waals surface area contributed by atoms with Crippen molar-refractivity contribution in [1.82, 2.24) is 14.7 Å². The molecule has 0 bridgehead atoms. The highest BCUT2D eigenvalue weighted by atomic mass is 15.3. The number of anilines is 2. The lowest BCUT2D eigenvalue weighted by Gasteiger charge is -2.20. The minimum Gasteiger partial charge on any atom is -0.394 e. The fourth-order valence-electron chi connectivity index (χ4n) is 2.92. The summed E-state index contributed by atoms with van der Waals surface area (Å²) in [5, 5.41) is 7.96. The standard InChI is InChI=1S/C15H29N5/c1-3-8-13-14(16)15(19(2)18-13)17-9-12-20-10-6-4-5-7-11-20/h17H,3-12,16H2,1-2H3. The van der Waals surface area contributed by atoms with Crippen LogP contribution in [0.1, 0.15) is 44.7 Å². The number of nitrogens with two attached hydrogens (primary N) is 1. The molecule has 5 heteroatoms. The Morgan fingerprint density at radius 3 is 2.55 bits per heavy atom. The molecule has 2 heterocycles. The van der Waals surface area contributed by atoms with Gasteiger partial charge in [0.2, 0.25) is 0 Å². The van der Waals surface area contributed by atoms with Gasteiger partial charge in [0.1, 0.15) is 5.82 Å². The Bertz CT molecular complexity index is 405. The topological polar surface area (TPSA) is 59.1 Å². The van der Waals surface area contributed by atoms with Crippen molar-refractivity contribution in [3.63, 3.8) is 0 Å². The number of nitrogens with zero attached hydrogens (tertiary/aromatic N) is 3. The lowest BCUT2D eigenvalue weighted by atomic mass is 10.2. The summed E-state index contributed by atoms with van der Waals surface area (Å²) < 4.78 is 1.88. The second-order valence-electron chi connectivity index (χ2n) is 5.77. The number of likely N-dealkylation sites (tertiary alicyclic amines) is 1. The van der Waals surface area contributed by atoms with E-state index >= 15 is 0 Å². The van der Waals surface area contributed by atoms with Gasteiger partial charge in [-0.15, -0.1) is 0 Å². The Hall–Kier alpha value is -1.23. The number of aryl methyl sites for hydroxylation is 2. The van der Waals surface area contributed by atoms with Crippen LogP contribution >= 0.6 is 0 Å². The van der Waals surface area contributed by atoms with E-state index in [9.17, 15) is 0 Å². The summed E-state index contributed by atoms with van der Waals surface area (Å²) >= 11 is 0. The fraction of sp³-hybridized carbons (Fsp3) is 0.800. The van der Waals surface area contributed by atoms with Gasteiger partial charge >= 0.3 is 0 Å². The van der Waals surface area contributed by atoms with Crippen molar-refractivity contribution in [3.05, 3.63) is 5.69 Å². The molecule has 0 unspecified atom stereocenters. The molecule has 1 aromatic heterocycles. The van der Waals surface area contributed by atoms with Gasteiger partial charge in [-0.3, -0.25) is 4.68 Å². The number of aromatic nitrogens is 2. The van der Waals surface area contributed by atoms with Crippen LogP contribution in [0.4, 0.5) is 11.5 Å². The number of hydrogen-bond donors (Lipinski definition) is 2. The van der Waals surface area contributed by atoms with Crippen molar-refractivity contribution in [1.29, 1.82) is 0 Å². The van der Waals surface area contributed by atoms with E-state index in [-0.39, 0.29) is 0 Å². The van der Waals surface area contributed by atoms with Gasteiger partial charge in [0.25, 0.3) is 0 Å². The summed E-state index contributed by atoms with van der Waals surface area (Å²) in [7, 11) is 1.96. The molecule has 0 saturated carbocycles. The summed E-state index contributed by atoms with van der Waals surface area (Å²) in [6.07, 6.45) is 7.49. The molecular formula is C15H29N5. The Balaban J connectivity index is 1.84. The fourth-order valence-corrected chi connectivity index (χ4v) is 2.92. The van der Waals surface area contributed by atoms with E-state index < -0.39 is 0 Å². The molecule has 3 N–H and O–H groups in total. The van der Waals surface area contributed by atoms with Crippen LogP contribution < -0.4 is 11.1 Å². The van der Waals surface area contributed by atoms with Crippen molar-refractivity contribution >= 4 is 11.5 Å². The largest absolute Gasteiger partial charge is 0.394 e. The lowest BCUT2D eigenvalue weighted by Crippen LogP contribution is -2.30. The van der Waals surface area contributed by atoms with Gasteiger partial charge in [-0.2, -0.15) is 5.10 Å². The molecule has 0 radical (unpaired) electrons. The van der Waals surface area contributed by atoms with Gasteiger partial charge in [0.05, 0.1) is 11.4 Å². The molecule has 1 saturated heterocycles.